The van der Waals surface area contributed by atoms with Crippen LogP contribution in [0, 0.1) is 6.92 Å². The summed E-state index contributed by atoms with van der Waals surface area (Å²) in [5.41, 5.74) is 6.25. The summed E-state index contributed by atoms with van der Waals surface area (Å²) >= 11 is 0. The Morgan fingerprint density at radius 3 is 2.58 bits per heavy atom. The molecular weight excluding hydrogens is 392 g/mol. The van der Waals surface area contributed by atoms with Crippen molar-refractivity contribution in [2.24, 2.45) is 14.1 Å². The molecule has 4 heterocycles. The quantitative estimate of drug-likeness (QED) is 0.490. The van der Waals surface area contributed by atoms with Crippen molar-refractivity contribution in [1.82, 2.24) is 28.9 Å². The lowest BCUT2D eigenvalue weighted by Gasteiger charge is -2.09. The first-order valence-electron chi connectivity index (χ1n) is 9.99. The molecule has 156 valence electrons. The number of imidazole rings is 1. The third-order valence-corrected chi connectivity index (χ3v) is 5.69. The van der Waals surface area contributed by atoms with Gasteiger partial charge in [-0.25, -0.2) is 4.79 Å². The van der Waals surface area contributed by atoms with E-state index in [9.17, 15) is 9.90 Å². The molecule has 5 aromatic rings. The zero-order valence-corrected chi connectivity index (χ0v) is 17.7. The second-order valence-electron chi connectivity index (χ2n) is 7.86. The summed E-state index contributed by atoms with van der Waals surface area (Å²) < 4.78 is 5.02. The Balaban J connectivity index is 1.85. The maximum absolute atomic E-state index is 13.2. The molecule has 0 spiro atoms. The topological polar surface area (TPSA) is 90.8 Å². The van der Waals surface area contributed by atoms with Crippen molar-refractivity contribution in [2.75, 3.05) is 0 Å². The fraction of sp³-hybridized carbons (Fsp3) is 0.217. The molecule has 1 atom stereocenters. The molecule has 0 radical (unpaired) electrons. The molecule has 5 rings (SSSR count). The number of benzene rings is 1. The minimum atomic E-state index is -0.603. The molecule has 1 N–H and O–H groups in total. The van der Waals surface area contributed by atoms with Crippen molar-refractivity contribution in [3.05, 3.63) is 70.8 Å². The largest absolute Gasteiger partial charge is 0.389 e. The predicted molar refractivity (Wildman–Crippen MR) is 119 cm³/mol. The van der Waals surface area contributed by atoms with E-state index in [4.69, 9.17) is 0 Å². The fourth-order valence-corrected chi connectivity index (χ4v) is 4.05. The number of hydrogen-bond acceptors (Lipinski definition) is 5. The minimum Gasteiger partial charge on any atom is -0.389 e. The molecule has 0 saturated heterocycles. The van der Waals surface area contributed by atoms with Gasteiger partial charge in [-0.15, -0.1) is 0 Å². The van der Waals surface area contributed by atoms with Crippen LogP contribution in [0.15, 0.2) is 53.8 Å². The molecule has 4 aromatic heterocycles. The van der Waals surface area contributed by atoms with Gasteiger partial charge in [0.25, 0.3) is 0 Å². The first-order chi connectivity index (χ1) is 14.8. The maximum Gasteiger partial charge on any atom is 0.333 e. The van der Waals surface area contributed by atoms with E-state index in [1.807, 2.05) is 44.4 Å². The summed E-state index contributed by atoms with van der Waals surface area (Å²) in [6, 6.07) is 7.87. The van der Waals surface area contributed by atoms with E-state index >= 15 is 0 Å². The SMILES string of the molecule is Cc1nn(C)cc1-n1c(=O)n(C)c2cnc3ccc(-c4cncc(C(C)O)c4)cc3c21. The molecule has 8 nitrogen and oxygen atoms in total. The first-order valence-corrected chi connectivity index (χ1v) is 9.99. The van der Waals surface area contributed by atoms with Gasteiger partial charge in [-0.1, -0.05) is 6.07 Å². The van der Waals surface area contributed by atoms with Crippen molar-refractivity contribution in [3.8, 4) is 16.8 Å². The van der Waals surface area contributed by atoms with E-state index in [1.54, 1.807) is 46.4 Å². The van der Waals surface area contributed by atoms with Crippen molar-refractivity contribution < 1.29 is 5.11 Å². The average Bonchev–Trinajstić information content (AvgIpc) is 3.22. The number of aromatic nitrogens is 6. The van der Waals surface area contributed by atoms with Crippen LogP contribution in [0.25, 0.3) is 38.8 Å². The molecule has 0 fully saturated rings. The van der Waals surface area contributed by atoms with Crippen LogP contribution < -0.4 is 5.69 Å². The molecule has 0 amide bonds. The van der Waals surface area contributed by atoms with Crippen LogP contribution in [-0.4, -0.2) is 34.0 Å². The monoisotopic (exact) mass is 414 g/mol. The van der Waals surface area contributed by atoms with Gasteiger partial charge in [-0.3, -0.25) is 23.8 Å². The number of aliphatic hydroxyl groups excluding tert-OH is 1. The highest BCUT2D eigenvalue weighted by molar-refractivity contribution is 6.04. The first kappa shape index (κ1) is 19.2. The number of aliphatic hydroxyl groups is 1. The van der Waals surface area contributed by atoms with Crippen LogP contribution in [0.4, 0.5) is 0 Å². The fourth-order valence-electron chi connectivity index (χ4n) is 4.05. The van der Waals surface area contributed by atoms with E-state index in [2.05, 4.69) is 15.1 Å². The molecule has 0 bridgehead atoms. The van der Waals surface area contributed by atoms with Gasteiger partial charge in [0.1, 0.15) is 0 Å². The Morgan fingerprint density at radius 2 is 1.87 bits per heavy atom. The molecule has 1 aromatic carbocycles. The van der Waals surface area contributed by atoms with Crippen molar-refractivity contribution in [2.45, 2.75) is 20.0 Å². The van der Waals surface area contributed by atoms with E-state index in [-0.39, 0.29) is 5.69 Å². The molecule has 0 saturated carbocycles. The highest BCUT2D eigenvalue weighted by atomic mass is 16.3. The summed E-state index contributed by atoms with van der Waals surface area (Å²) in [5, 5.41) is 15.2. The molecular formula is C23H22N6O2. The Morgan fingerprint density at radius 1 is 1.06 bits per heavy atom. The van der Waals surface area contributed by atoms with Crippen LogP contribution in [0.1, 0.15) is 24.3 Å². The standard InChI is InChI=1S/C23H22N6O2/c1-13-21(12-27(3)26-13)29-22-18-8-15(17-7-16(14(2)30)9-24-10-17)5-6-19(18)25-11-20(22)28(4)23(29)31/h5-12,14,30H,1-4H3. The molecule has 0 aliphatic rings. The van der Waals surface area contributed by atoms with E-state index in [0.29, 0.717) is 0 Å². The highest BCUT2D eigenvalue weighted by Crippen LogP contribution is 2.30. The molecule has 1 unspecified atom stereocenters. The summed E-state index contributed by atoms with van der Waals surface area (Å²) in [5.74, 6) is 0. The number of pyridine rings is 2. The summed E-state index contributed by atoms with van der Waals surface area (Å²) in [6.45, 7) is 3.61. The zero-order chi connectivity index (χ0) is 21.9. The number of nitrogens with zero attached hydrogens (tertiary/aromatic N) is 6. The van der Waals surface area contributed by atoms with Crippen LogP contribution in [0.5, 0.6) is 0 Å². The summed E-state index contributed by atoms with van der Waals surface area (Å²) in [6.07, 6.45) is 6.41. The third kappa shape index (κ3) is 2.95. The average molecular weight is 414 g/mol. The lowest BCUT2D eigenvalue weighted by atomic mass is 10.0. The van der Waals surface area contributed by atoms with Gasteiger partial charge in [0.15, 0.2) is 0 Å². The van der Waals surface area contributed by atoms with E-state index in [0.717, 1.165) is 50.0 Å². The second-order valence-corrected chi connectivity index (χ2v) is 7.86. The Kier molecular flexibility index (Phi) is 4.26. The minimum absolute atomic E-state index is 0.149. The summed E-state index contributed by atoms with van der Waals surface area (Å²) in [4.78, 5) is 22.0. The van der Waals surface area contributed by atoms with Gasteiger partial charge >= 0.3 is 5.69 Å². The second kappa shape index (κ2) is 6.88. The van der Waals surface area contributed by atoms with Gasteiger partial charge in [0.2, 0.25) is 0 Å². The lowest BCUT2D eigenvalue weighted by Crippen LogP contribution is -2.21. The molecule has 8 heteroatoms. The summed E-state index contributed by atoms with van der Waals surface area (Å²) in [7, 11) is 3.59. The Hall–Kier alpha value is -3.78. The smallest absolute Gasteiger partial charge is 0.333 e. The third-order valence-electron chi connectivity index (χ3n) is 5.69. The van der Waals surface area contributed by atoms with Crippen molar-refractivity contribution in [3.63, 3.8) is 0 Å². The van der Waals surface area contributed by atoms with Crippen LogP contribution >= 0.6 is 0 Å². The molecule has 0 aliphatic heterocycles. The normalized spacial score (nSPS) is 12.7. The van der Waals surface area contributed by atoms with E-state index < -0.39 is 6.10 Å². The molecule has 0 aliphatic carbocycles. The Bertz CT molecular complexity index is 1520. The van der Waals surface area contributed by atoms with Gasteiger partial charge < -0.3 is 5.11 Å². The van der Waals surface area contributed by atoms with Crippen molar-refractivity contribution >= 4 is 21.9 Å². The van der Waals surface area contributed by atoms with Gasteiger partial charge in [-0.05, 0) is 43.2 Å². The van der Waals surface area contributed by atoms with Gasteiger partial charge in [0.05, 0.1) is 40.2 Å². The van der Waals surface area contributed by atoms with Crippen molar-refractivity contribution in [1.29, 1.82) is 0 Å². The zero-order valence-electron chi connectivity index (χ0n) is 17.7. The lowest BCUT2D eigenvalue weighted by molar-refractivity contribution is 0.199. The van der Waals surface area contributed by atoms with Gasteiger partial charge in [0, 0.05) is 43.6 Å². The Labute approximate surface area is 178 Å². The number of rotatable bonds is 3. The van der Waals surface area contributed by atoms with Crippen LogP contribution in [-0.2, 0) is 14.1 Å². The van der Waals surface area contributed by atoms with Crippen LogP contribution in [0.2, 0.25) is 0 Å². The number of aryl methyl sites for hydroxylation is 3. The number of hydrogen-bond donors (Lipinski definition) is 1. The predicted octanol–water partition coefficient (Wildman–Crippen LogP) is 3.03. The van der Waals surface area contributed by atoms with Crippen LogP contribution in [0.3, 0.4) is 0 Å². The maximum atomic E-state index is 13.2. The van der Waals surface area contributed by atoms with Gasteiger partial charge in [-0.2, -0.15) is 5.10 Å². The number of fused-ring (bicyclic) bond motifs is 3. The highest BCUT2D eigenvalue weighted by Gasteiger charge is 2.19. The van der Waals surface area contributed by atoms with E-state index in [1.165, 1.54) is 0 Å². The molecule has 31 heavy (non-hydrogen) atoms.